The molecule has 0 bridgehead atoms. The Balaban J connectivity index is 2.22. The summed E-state index contributed by atoms with van der Waals surface area (Å²) in [5.41, 5.74) is 11.9. The molecule has 0 saturated carbocycles. The van der Waals surface area contributed by atoms with Crippen LogP contribution in [0.3, 0.4) is 0 Å². The van der Waals surface area contributed by atoms with E-state index in [1.165, 1.54) is 22.3 Å². The lowest BCUT2D eigenvalue weighted by Gasteiger charge is -2.26. The van der Waals surface area contributed by atoms with Crippen molar-refractivity contribution in [3.8, 4) is 0 Å². The van der Waals surface area contributed by atoms with Gasteiger partial charge in [0.25, 0.3) is 0 Å². The zero-order valence-electron chi connectivity index (χ0n) is 13.7. The zero-order chi connectivity index (χ0) is 15.5. The third-order valence-electron chi connectivity index (χ3n) is 4.06. The molecule has 0 amide bonds. The Kier molecular flexibility index (Phi) is 4.84. The lowest BCUT2D eigenvalue weighted by Crippen LogP contribution is -2.21. The standard InChI is InChI=1S/C20H27N/c1-5-15-10-12-16(13-11-15)14-19(21)17-8-6-7-9-18(17)20(2,3)4/h6-13,19H,5,14,21H2,1-4H3. The maximum atomic E-state index is 6.50. The molecule has 0 aromatic heterocycles. The van der Waals surface area contributed by atoms with E-state index in [-0.39, 0.29) is 11.5 Å². The molecule has 2 rings (SSSR count). The van der Waals surface area contributed by atoms with Crippen molar-refractivity contribution in [1.29, 1.82) is 0 Å². The van der Waals surface area contributed by atoms with Crippen LogP contribution in [0.15, 0.2) is 48.5 Å². The lowest BCUT2D eigenvalue weighted by molar-refractivity contribution is 0.568. The fourth-order valence-electron chi connectivity index (χ4n) is 2.78. The van der Waals surface area contributed by atoms with Gasteiger partial charge in [-0.3, -0.25) is 0 Å². The van der Waals surface area contributed by atoms with Crippen LogP contribution in [0, 0.1) is 0 Å². The van der Waals surface area contributed by atoms with E-state index >= 15 is 0 Å². The molecule has 1 unspecified atom stereocenters. The van der Waals surface area contributed by atoms with Gasteiger partial charge in [-0.05, 0) is 40.5 Å². The van der Waals surface area contributed by atoms with Gasteiger partial charge in [-0.25, -0.2) is 0 Å². The van der Waals surface area contributed by atoms with Crippen LogP contribution < -0.4 is 5.73 Å². The van der Waals surface area contributed by atoms with Gasteiger partial charge in [0.05, 0.1) is 0 Å². The minimum absolute atomic E-state index is 0.0490. The zero-order valence-corrected chi connectivity index (χ0v) is 13.7. The van der Waals surface area contributed by atoms with E-state index in [1.54, 1.807) is 0 Å². The molecule has 0 spiro atoms. The lowest BCUT2D eigenvalue weighted by atomic mass is 9.81. The first-order valence-corrected chi connectivity index (χ1v) is 7.84. The number of benzene rings is 2. The molecule has 0 heterocycles. The third kappa shape index (κ3) is 3.95. The van der Waals surface area contributed by atoms with Crippen LogP contribution in [0.25, 0.3) is 0 Å². The van der Waals surface area contributed by atoms with E-state index in [1.807, 2.05) is 0 Å². The normalized spacial score (nSPS) is 13.2. The Morgan fingerprint density at radius 1 is 0.905 bits per heavy atom. The van der Waals surface area contributed by atoms with Crippen LogP contribution in [0.2, 0.25) is 0 Å². The smallest absolute Gasteiger partial charge is 0.0338 e. The number of rotatable bonds is 4. The predicted molar refractivity (Wildman–Crippen MR) is 91.6 cm³/mol. The van der Waals surface area contributed by atoms with Gasteiger partial charge in [-0.15, -0.1) is 0 Å². The van der Waals surface area contributed by atoms with Crippen molar-refractivity contribution in [3.63, 3.8) is 0 Å². The van der Waals surface area contributed by atoms with E-state index in [0.29, 0.717) is 0 Å². The third-order valence-corrected chi connectivity index (χ3v) is 4.06. The molecule has 2 aromatic carbocycles. The molecule has 0 aliphatic rings. The molecule has 0 fully saturated rings. The maximum Gasteiger partial charge on any atom is 0.0338 e. The predicted octanol–water partition coefficient (Wildman–Crippen LogP) is 4.79. The molecular formula is C20H27N. The molecule has 112 valence electrons. The molecule has 0 aliphatic heterocycles. The van der Waals surface area contributed by atoms with Crippen molar-refractivity contribution in [3.05, 3.63) is 70.8 Å². The van der Waals surface area contributed by atoms with Gasteiger partial charge in [0.15, 0.2) is 0 Å². The Morgan fingerprint density at radius 3 is 2.05 bits per heavy atom. The molecular weight excluding hydrogens is 254 g/mol. The van der Waals surface area contributed by atoms with Crippen molar-refractivity contribution >= 4 is 0 Å². The summed E-state index contributed by atoms with van der Waals surface area (Å²) in [6.45, 7) is 8.91. The van der Waals surface area contributed by atoms with Gasteiger partial charge in [0, 0.05) is 6.04 Å². The number of nitrogens with two attached hydrogens (primary N) is 1. The van der Waals surface area contributed by atoms with E-state index in [4.69, 9.17) is 5.73 Å². The molecule has 2 N–H and O–H groups in total. The van der Waals surface area contributed by atoms with Gasteiger partial charge in [-0.1, -0.05) is 76.2 Å². The first kappa shape index (κ1) is 15.8. The number of hydrogen-bond acceptors (Lipinski definition) is 1. The molecule has 0 radical (unpaired) electrons. The number of aryl methyl sites for hydroxylation is 1. The topological polar surface area (TPSA) is 26.0 Å². The van der Waals surface area contributed by atoms with Gasteiger partial charge in [-0.2, -0.15) is 0 Å². The summed E-state index contributed by atoms with van der Waals surface area (Å²) in [5, 5.41) is 0. The largest absolute Gasteiger partial charge is 0.324 e. The summed E-state index contributed by atoms with van der Waals surface area (Å²) >= 11 is 0. The van der Waals surface area contributed by atoms with Gasteiger partial charge < -0.3 is 5.73 Å². The van der Waals surface area contributed by atoms with Crippen molar-refractivity contribution in [2.45, 2.75) is 52.0 Å². The Morgan fingerprint density at radius 2 is 1.48 bits per heavy atom. The summed E-state index contributed by atoms with van der Waals surface area (Å²) in [6.07, 6.45) is 1.97. The second kappa shape index (κ2) is 6.44. The van der Waals surface area contributed by atoms with Gasteiger partial charge >= 0.3 is 0 Å². The second-order valence-corrected chi connectivity index (χ2v) is 6.82. The summed E-state index contributed by atoms with van der Waals surface area (Å²) in [7, 11) is 0. The minimum atomic E-state index is 0.0490. The van der Waals surface area contributed by atoms with E-state index in [2.05, 4.69) is 76.2 Å². The van der Waals surface area contributed by atoms with Gasteiger partial charge in [0.1, 0.15) is 0 Å². The molecule has 1 heteroatoms. The Bertz CT molecular complexity index is 576. The quantitative estimate of drug-likeness (QED) is 0.856. The second-order valence-electron chi connectivity index (χ2n) is 6.82. The summed E-state index contributed by atoms with van der Waals surface area (Å²) in [4.78, 5) is 0. The van der Waals surface area contributed by atoms with Crippen molar-refractivity contribution < 1.29 is 0 Å². The van der Waals surface area contributed by atoms with Crippen LogP contribution in [-0.2, 0) is 18.3 Å². The summed E-state index contributed by atoms with van der Waals surface area (Å²) < 4.78 is 0. The average Bonchev–Trinajstić information content (AvgIpc) is 2.47. The molecule has 1 nitrogen and oxygen atoms in total. The van der Waals surface area contributed by atoms with Crippen LogP contribution in [-0.4, -0.2) is 0 Å². The molecule has 0 saturated heterocycles. The summed E-state index contributed by atoms with van der Waals surface area (Å²) in [6, 6.07) is 17.4. The van der Waals surface area contributed by atoms with Crippen molar-refractivity contribution in [1.82, 2.24) is 0 Å². The molecule has 0 aliphatic carbocycles. The first-order chi connectivity index (χ1) is 9.91. The Hall–Kier alpha value is -1.60. The van der Waals surface area contributed by atoms with Crippen molar-refractivity contribution in [2.75, 3.05) is 0 Å². The highest BCUT2D eigenvalue weighted by Gasteiger charge is 2.20. The number of hydrogen-bond donors (Lipinski definition) is 1. The highest BCUT2D eigenvalue weighted by atomic mass is 14.6. The SMILES string of the molecule is CCc1ccc(CC(N)c2ccccc2C(C)(C)C)cc1. The van der Waals surface area contributed by atoms with Crippen LogP contribution in [0.4, 0.5) is 0 Å². The highest BCUT2D eigenvalue weighted by molar-refractivity contribution is 5.36. The molecule has 2 aromatic rings. The van der Waals surface area contributed by atoms with Crippen molar-refractivity contribution in [2.24, 2.45) is 5.73 Å². The highest BCUT2D eigenvalue weighted by Crippen LogP contribution is 2.30. The monoisotopic (exact) mass is 281 g/mol. The van der Waals surface area contributed by atoms with Crippen LogP contribution in [0.5, 0.6) is 0 Å². The summed E-state index contributed by atoms with van der Waals surface area (Å²) in [5.74, 6) is 0. The van der Waals surface area contributed by atoms with E-state index in [9.17, 15) is 0 Å². The van der Waals surface area contributed by atoms with Gasteiger partial charge in [0.2, 0.25) is 0 Å². The fourth-order valence-corrected chi connectivity index (χ4v) is 2.78. The minimum Gasteiger partial charge on any atom is -0.324 e. The maximum absolute atomic E-state index is 6.50. The van der Waals surface area contributed by atoms with Crippen LogP contribution >= 0.6 is 0 Å². The molecule has 21 heavy (non-hydrogen) atoms. The van der Waals surface area contributed by atoms with Crippen LogP contribution in [0.1, 0.15) is 56.0 Å². The average molecular weight is 281 g/mol. The van der Waals surface area contributed by atoms with E-state index < -0.39 is 0 Å². The fraction of sp³-hybridized carbons (Fsp3) is 0.400. The Labute approximate surface area is 129 Å². The first-order valence-electron chi connectivity index (χ1n) is 7.84. The van der Waals surface area contributed by atoms with E-state index in [0.717, 1.165) is 12.8 Å². The molecule has 1 atom stereocenters.